The quantitative estimate of drug-likeness (QED) is 0.120. The van der Waals surface area contributed by atoms with E-state index in [0.717, 1.165) is 27.7 Å². The first-order valence-electron chi connectivity index (χ1n) is 15.3. The molecule has 1 aliphatic carbocycles. The van der Waals surface area contributed by atoms with Gasteiger partial charge in [0.05, 0.1) is 12.0 Å². The van der Waals surface area contributed by atoms with E-state index in [1.807, 2.05) is 0 Å². The number of halogens is 2. The van der Waals surface area contributed by atoms with Gasteiger partial charge in [-0.2, -0.15) is 0 Å². The summed E-state index contributed by atoms with van der Waals surface area (Å²) in [6, 6.07) is 27.3. The van der Waals surface area contributed by atoms with Crippen LogP contribution in [0.4, 0.5) is 0 Å². The molecule has 0 fully saturated rings. The zero-order chi connectivity index (χ0) is 29.0. The summed E-state index contributed by atoms with van der Waals surface area (Å²) in [5, 5.41) is 0. The number of hydrogen-bond acceptors (Lipinski definition) is 1. The number of hydrogen-bond donors (Lipinski definition) is 0. The summed E-state index contributed by atoms with van der Waals surface area (Å²) in [7, 11) is 0. The maximum atomic E-state index is 6.34. The Bertz CT molecular complexity index is 1470. The van der Waals surface area contributed by atoms with E-state index in [1.165, 1.54) is 95.0 Å². The van der Waals surface area contributed by atoms with Crippen molar-refractivity contribution in [2.75, 3.05) is 6.61 Å². The highest BCUT2D eigenvalue weighted by molar-refractivity contribution is 9.10. The van der Waals surface area contributed by atoms with Crippen molar-refractivity contribution in [3.05, 3.63) is 121 Å². The van der Waals surface area contributed by atoms with Crippen molar-refractivity contribution in [2.45, 2.75) is 84.5 Å². The molecule has 1 nitrogen and oxygen atoms in total. The Morgan fingerprint density at radius 3 is 1.80 bits per heavy atom. The zero-order valence-corrected chi connectivity index (χ0v) is 28.1. The van der Waals surface area contributed by atoms with Crippen molar-refractivity contribution in [1.29, 1.82) is 0 Å². The number of fused-ring (bicyclic) bond motifs is 3. The monoisotopic (exact) mass is 672 g/mol. The van der Waals surface area contributed by atoms with Crippen LogP contribution in [0.1, 0.15) is 97.2 Å². The third-order valence-electron chi connectivity index (χ3n) is 8.72. The second-order valence-electron chi connectivity index (χ2n) is 11.8. The first-order valence-corrected chi connectivity index (χ1v) is 16.9. The SMILES string of the molecule is CCCCCCCCCCOc1ccc(C2(c3cc(C)ccc3C)c3cc(Br)ccc3-c3ccc(Br)cc32)cc1C. The predicted octanol–water partition coefficient (Wildman–Crippen LogP) is 12.0. The average Bonchev–Trinajstić information content (AvgIpc) is 3.23. The minimum Gasteiger partial charge on any atom is -0.493 e. The number of unbranched alkanes of at least 4 members (excludes halogenated alkanes) is 7. The first-order chi connectivity index (χ1) is 19.9. The van der Waals surface area contributed by atoms with Crippen LogP contribution in [0.15, 0.2) is 81.7 Å². The molecule has 214 valence electrons. The molecule has 0 aromatic heterocycles. The average molecular weight is 675 g/mol. The molecular weight excluding hydrogens is 632 g/mol. The maximum absolute atomic E-state index is 6.34. The lowest BCUT2D eigenvalue weighted by atomic mass is 9.66. The van der Waals surface area contributed by atoms with Gasteiger partial charge in [-0.3, -0.25) is 0 Å². The Kier molecular flexibility index (Phi) is 9.77. The molecule has 4 aromatic rings. The fourth-order valence-electron chi connectivity index (χ4n) is 6.63. The molecule has 0 bridgehead atoms. The zero-order valence-electron chi connectivity index (χ0n) is 25.0. The highest BCUT2D eigenvalue weighted by Crippen LogP contribution is 2.58. The summed E-state index contributed by atoms with van der Waals surface area (Å²) in [5.41, 5.74) is 11.2. The van der Waals surface area contributed by atoms with Crippen molar-refractivity contribution in [3.8, 4) is 16.9 Å². The lowest BCUT2D eigenvalue weighted by Gasteiger charge is -2.36. The van der Waals surface area contributed by atoms with E-state index in [9.17, 15) is 0 Å². The van der Waals surface area contributed by atoms with E-state index in [2.05, 4.69) is 132 Å². The number of ether oxygens (including phenoxy) is 1. The van der Waals surface area contributed by atoms with Crippen LogP contribution in [0, 0.1) is 20.8 Å². The standard InChI is InChI=1S/C38H42Br2O/c1-5-6-7-8-9-10-11-12-21-41-37-20-15-29(23-28(37)4)38(34-22-26(2)13-14-27(34)3)35-24-30(39)16-18-32(35)33-19-17-31(40)25-36(33)38/h13-20,22-25H,5-12,21H2,1-4H3. The van der Waals surface area contributed by atoms with Gasteiger partial charge in [-0.15, -0.1) is 0 Å². The normalized spacial score (nSPS) is 13.2. The highest BCUT2D eigenvalue weighted by atomic mass is 79.9. The molecule has 3 heteroatoms. The summed E-state index contributed by atoms with van der Waals surface area (Å²) in [5.74, 6) is 0.995. The molecule has 1 aliphatic rings. The Morgan fingerprint density at radius 2 is 1.20 bits per heavy atom. The van der Waals surface area contributed by atoms with Crippen molar-refractivity contribution in [3.63, 3.8) is 0 Å². The largest absolute Gasteiger partial charge is 0.493 e. The van der Waals surface area contributed by atoms with Crippen LogP contribution in [0.2, 0.25) is 0 Å². The van der Waals surface area contributed by atoms with Gasteiger partial charge in [-0.25, -0.2) is 0 Å². The molecule has 0 atom stereocenters. The minimum absolute atomic E-state index is 0.435. The molecule has 0 spiro atoms. The van der Waals surface area contributed by atoms with Crippen LogP contribution < -0.4 is 4.74 Å². The van der Waals surface area contributed by atoms with Crippen LogP contribution in [-0.2, 0) is 5.41 Å². The topological polar surface area (TPSA) is 9.23 Å². The summed E-state index contributed by atoms with van der Waals surface area (Å²) in [6.07, 6.45) is 10.5. The summed E-state index contributed by atoms with van der Waals surface area (Å²) in [4.78, 5) is 0. The van der Waals surface area contributed by atoms with Crippen LogP contribution in [0.25, 0.3) is 11.1 Å². The second kappa shape index (κ2) is 13.3. The van der Waals surface area contributed by atoms with Crippen molar-refractivity contribution >= 4 is 31.9 Å². The van der Waals surface area contributed by atoms with Gasteiger partial charge < -0.3 is 4.74 Å². The van der Waals surface area contributed by atoms with Gasteiger partial charge >= 0.3 is 0 Å². The van der Waals surface area contributed by atoms with E-state index in [1.54, 1.807) is 0 Å². The van der Waals surface area contributed by atoms with Crippen molar-refractivity contribution in [1.82, 2.24) is 0 Å². The van der Waals surface area contributed by atoms with E-state index < -0.39 is 5.41 Å². The minimum atomic E-state index is -0.435. The number of rotatable bonds is 12. The molecule has 0 heterocycles. The van der Waals surface area contributed by atoms with Gasteiger partial charge in [0.1, 0.15) is 5.75 Å². The number of aryl methyl sites for hydroxylation is 3. The molecular formula is C38H42Br2O. The van der Waals surface area contributed by atoms with Crippen LogP contribution in [0.3, 0.4) is 0 Å². The Balaban J connectivity index is 1.52. The van der Waals surface area contributed by atoms with E-state index in [0.29, 0.717) is 0 Å². The van der Waals surface area contributed by atoms with Gasteiger partial charge in [0, 0.05) is 8.95 Å². The maximum Gasteiger partial charge on any atom is 0.122 e. The van der Waals surface area contributed by atoms with Crippen LogP contribution >= 0.6 is 31.9 Å². The molecule has 0 amide bonds. The fraction of sp³-hybridized carbons (Fsp3) is 0.368. The third-order valence-corrected chi connectivity index (χ3v) is 9.71. The third kappa shape index (κ3) is 6.09. The molecule has 0 aliphatic heterocycles. The Labute approximate surface area is 264 Å². The van der Waals surface area contributed by atoms with Gasteiger partial charge in [0.25, 0.3) is 0 Å². The summed E-state index contributed by atoms with van der Waals surface area (Å²) in [6.45, 7) is 9.70. The number of benzene rings is 4. The molecule has 0 N–H and O–H groups in total. The lowest BCUT2D eigenvalue weighted by molar-refractivity contribution is 0.302. The molecule has 0 saturated carbocycles. The van der Waals surface area contributed by atoms with Gasteiger partial charge in [0.2, 0.25) is 0 Å². The van der Waals surface area contributed by atoms with Gasteiger partial charge in [0.15, 0.2) is 0 Å². The second-order valence-corrected chi connectivity index (χ2v) is 13.6. The first kappa shape index (κ1) is 30.1. The molecule has 5 rings (SSSR count). The van der Waals surface area contributed by atoms with E-state index in [-0.39, 0.29) is 0 Å². The molecule has 41 heavy (non-hydrogen) atoms. The summed E-state index contributed by atoms with van der Waals surface area (Å²) < 4.78 is 8.54. The molecule has 4 aromatic carbocycles. The summed E-state index contributed by atoms with van der Waals surface area (Å²) >= 11 is 7.62. The van der Waals surface area contributed by atoms with Crippen molar-refractivity contribution < 1.29 is 4.74 Å². The fourth-order valence-corrected chi connectivity index (χ4v) is 7.35. The van der Waals surface area contributed by atoms with Gasteiger partial charge in [-0.1, -0.05) is 132 Å². The molecule has 0 radical (unpaired) electrons. The molecule has 0 unspecified atom stereocenters. The van der Waals surface area contributed by atoms with E-state index in [4.69, 9.17) is 4.74 Å². The van der Waals surface area contributed by atoms with Crippen LogP contribution in [-0.4, -0.2) is 6.61 Å². The van der Waals surface area contributed by atoms with Crippen molar-refractivity contribution in [2.24, 2.45) is 0 Å². The smallest absolute Gasteiger partial charge is 0.122 e. The Morgan fingerprint density at radius 1 is 0.585 bits per heavy atom. The Hall–Kier alpha value is -2.36. The van der Waals surface area contributed by atoms with Gasteiger partial charge in [-0.05, 0) is 102 Å². The van der Waals surface area contributed by atoms with Crippen LogP contribution in [0.5, 0.6) is 5.75 Å². The van der Waals surface area contributed by atoms with E-state index >= 15 is 0 Å². The predicted molar refractivity (Wildman–Crippen MR) is 181 cm³/mol. The molecule has 0 saturated heterocycles. The highest BCUT2D eigenvalue weighted by Gasteiger charge is 2.47. The lowest BCUT2D eigenvalue weighted by Crippen LogP contribution is -2.30.